The predicted octanol–water partition coefficient (Wildman–Crippen LogP) is 2.58. The Labute approximate surface area is 93.8 Å². The van der Waals surface area contributed by atoms with Gasteiger partial charge in [-0.25, -0.2) is 0 Å². The van der Waals surface area contributed by atoms with Crippen molar-refractivity contribution in [2.24, 2.45) is 11.8 Å². The quantitative estimate of drug-likeness (QED) is 0.729. The summed E-state index contributed by atoms with van der Waals surface area (Å²) in [6.07, 6.45) is 10.3. The molecule has 0 aromatic rings. The Kier molecular flexibility index (Phi) is 4.45. The first kappa shape index (κ1) is 11.4. The molecule has 3 atom stereocenters. The van der Waals surface area contributed by atoms with Gasteiger partial charge in [0.25, 0.3) is 0 Å². The van der Waals surface area contributed by atoms with E-state index in [1.165, 1.54) is 51.5 Å². The number of ether oxygens (including phenoxy) is 1. The van der Waals surface area contributed by atoms with Crippen molar-refractivity contribution in [3.8, 4) is 0 Å². The van der Waals surface area contributed by atoms with Crippen LogP contribution < -0.4 is 5.32 Å². The van der Waals surface area contributed by atoms with Crippen LogP contribution in [-0.2, 0) is 4.74 Å². The van der Waals surface area contributed by atoms with E-state index in [1.54, 1.807) is 0 Å². The molecule has 1 heterocycles. The zero-order valence-electron chi connectivity index (χ0n) is 10.0. The standard InChI is InChI=1S/C13H25NO/c1-14-10-12-8-7-11(12)4-2-5-13-6-3-9-15-13/h11-14H,2-10H2,1H3. The molecule has 0 spiro atoms. The van der Waals surface area contributed by atoms with Crippen molar-refractivity contribution in [1.82, 2.24) is 5.32 Å². The molecule has 2 fully saturated rings. The highest BCUT2D eigenvalue weighted by molar-refractivity contribution is 4.82. The Morgan fingerprint density at radius 2 is 2.00 bits per heavy atom. The van der Waals surface area contributed by atoms with E-state index < -0.39 is 0 Å². The van der Waals surface area contributed by atoms with Crippen molar-refractivity contribution in [2.75, 3.05) is 20.2 Å². The minimum absolute atomic E-state index is 0.604. The maximum absolute atomic E-state index is 5.65. The van der Waals surface area contributed by atoms with Crippen molar-refractivity contribution in [3.05, 3.63) is 0 Å². The lowest BCUT2D eigenvalue weighted by Gasteiger charge is -2.37. The van der Waals surface area contributed by atoms with Gasteiger partial charge in [0, 0.05) is 6.61 Å². The van der Waals surface area contributed by atoms with Crippen molar-refractivity contribution in [2.45, 2.75) is 51.0 Å². The van der Waals surface area contributed by atoms with Gasteiger partial charge in [-0.05, 0) is 57.5 Å². The highest BCUT2D eigenvalue weighted by Gasteiger charge is 2.29. The molecule has 3 unspecified atom stereocenters. The Morgan fingerprint density at radius 3 is 2.60 bits per heavy atom. The van der Waals surface area contributed by atoms with Gasteiger partial charge in [-0.1, -0.05) is 12.8 Å². The molecule has 1 saturated carbocycles. The summed E-state index contributed by atoms with van der Waals surface area (Å²) in [4.78, 5) is 0. The Morgan fingerprint density at radius 1 is 1.13 bits per heavy atom. The fraction of sp³-hybridized carbons (Fsp3) is 1.00. The van der Waals surface area contributed by atoms with E-state index in [0.29, 0.717) is 6.10 Å². The lowest BCUT2D eigenvalue weighted by Crippen LogP contribution is -2.33. The monoisotopic (exact) mass is 211 g/mol. The third kappa shape index (κ3) is 3.18. The van der Waals surface area contributed by atoms with Gasteiger partial charge in [0.15, 0.2) is 0 Å². The first-order chi connectivity index (χ1) is 7.40. The van der Waals surface area contributed by atoms with Crippen LogP contribution >= 0.6 is 0 Å². The summed E-state index contributed by atoms with van der Waals surface area (Å²) < 4.78 is 5.65. The number of rotatable bonds is 6. The Bertz CT molecular complexity index is 177. The number of hydrogen-bond acceptors (Lipinski definition) is 2. The third-order valence-electron chi connectivity index (χ3n) is 4.17. The van der Waals surface area contributed by atoms with E-state index in [9.17, 15) is 0 Å². The summed E-state index contributed by atoms with van der Waals surface area (Å²) in [6, 6.07) is 0. The van der Waals surface area contributed by atoms with Gasteiger partial charge < -0.3 is 10.1 Å². The molecule has 88 valence electrons. The molecule has 1 aliphatic carbocycles. The van der Waals surface area contributed by atoms with Gasteiger partial charge in [0.05, 0.1) is 6.10 Å². The van der Waals surface area contributed by atoms with Crippen molar-refractivity contribution in [3.63, 3.8) is 0 Å². The molecular weight excluding hydrogens is 186 g/mol. The number of hydrogen-bond donors (Lipinski definition) is 1. The minimum Gasteiger partial charge on any atom is -0.378 e. The van der Waals surface area contributed by atoms with E-state index in [0.717, 1.165) is 18.4 Å². The lowest BCUT2D eigenvalue weighted by molar-refractivity contribution is 0.0937. The molecule has 1 N–H and O–H groups in total. The molecular formula is C13H25NO. The van der Waals surface area contributed by atoms with Crippen molar-refractivity contribution >= 4 is 0 Å². The normalized spacial score (nSPS) is 35.4. The first-order valence-corrected chi connectivity index (χ1v) is 6.66. The van der Waals surface area contributed by atoms with Crippen LogP contribution in [0.4, 0.5) is 0 Å². The van der Waals surface area contributed by atoms with Crippen LogP contribution in [0.15, 0.2) is 0 Å². The van der Waals surface area contributed by atoms with Crippen LogP contribution in [0.2, 0.25) is 0 Å². The molecule has 0 aromatic carbocycles. The molecule has 2 rings (SSSR count). The molecule has 15 heavy (non-hydrogen) atoms. The van der Waals surface area contributed by atoms with E-state index >= 15 is 0 Å². The van der Waals surface area contributed by atoms with Crippen LogP contribution in [0.1, 0.15) is 44.9 Å². The second-order valence-electron chi connectivity index (χ2n) is 5.22. The fourth-order valence-corrected chi connectivity index (χ4v) is 3.03. The maximum Gasteiger partial charge on any atom is 0.0576 e. The third-order valence-corrected chi connectivity index (χ3v) is 4.17. The topological polar surface area (TPSA) is 21.3 Å². The van der Waals surface area contributed by atoms with E-state index in [-0.39, 0.29) is 0 Å². The highest BCUT2D eigenvalue weighted by atomic mass is 16.5. The maximum atomic E-state index is 5.65. The second kappa shape index (κ2) is 5.86. The lowest BCUT2D eigenvalue weighted by atomic mass is 9.71. The summed E-state index contributed by atoms with van der Waals surface area (Å²) >= 11 is 0. The average molecular weight is 211 g/mol. The molecule has 1 aliphatic heterocycles. The molecule has 0 bridgehead atoms. The van der Waals surface area contributed by atoms with Crippen LogP contribution in [-0.4, -0.2) is 26.3 Å². The van der Waals surface area contributed by atoms with E-state index in [4.69, 9.17) is 4.74 Å². The summed E-state index contributed by atoms with van der Waals surface area (Å²) in [5.74, 6) is 1.98. The Hall–Kier alpha value is -0.0800. The van der Waals surface area contributed by atoms with Gasteiger partial charge >= 0.3 is 0 Å². The molecule has 0 radical (unpaired) electrons. The smallest absolute Gasteiger partial charge is 0.0576 e. The summed E-state index contributed by atoms with van der Waals surface area (Å²) in [7, 11) is 2.07. The van der Waals surface area contributed by atoms with Gasteiger partial charge in [-0.3, -0.25) is 0 Å². The van der Waals surface area contributed by atoms with E-state index in [1.807, 2.05) is 0 Å². The number of nitrogens with one attached hydrogen (secondary N) is 1. The summed E-state index contributed by atoms with van der Waals surface area (Å²) in [5, 5.41) is 3.31. The second-order valence-corrected chi connectivity index (χ2v) is 5.22. The molecule has 2 nitrogen and oxygen atoms in total. The van der Waals surface area contributed by atoms with Gasteiger partial charge in [-0.2, -0.15) is 0 Å². The largest absolute Gasteiger partial charge is 0.378 e. The van der Waals surface area contributed by atoms with E-state index in [2.05, 4.69) is 12.4 Å². The average Bonchev–Trinajstić information content (AvgIpc) is 2.72. The first-order valence-electron chi connectivity index (χ1n) is 6.66. The SMILES string of the molecule is CNCC1CCC1CCCC1CCCO1. The highest BCUT2D eigenvalue weighted by Crippen LogP contribution is 2.37. The van der Waals surface area contributed by atoms with Gasteiger partial charge in [0.2, 0.25) is 0 Å². The summed E-state index contributed by atoms with van der Waals surface area (Å²) in [6.45, 7) is 2.24. The zero-order chi connectivity index (χ0) is 10.5. The van der Waals surface area contributed by atoms with Crippen LogP contribution in [0, 0.1) is 11.8 Å². The molecule has 2 heteroatoms. The minimum atomic E-state index is 0.604. The predicted molar refractivity (Wildman–Crippen MR) is 63.0 cm³/mol. The van der Waals surface area contributed by atoms with Gasteiger partial charge in [-0.15, -0.1) is 0 Å². The van der Waals surface area contributed by atoms with Crippen LogP contribution in [0.25, 0.3) is 0 Å². The molecule has 1 saturated heterocycles. The molecule has 0 amide bonds. The van der Waals surface area contributed by atoms with Crippen molar-refractivity contribution < 1.29 is 4.74 Å². The molecule has 2 aliphatic rings. The molecule has 0 aromatic heterocycles. The van der Waals surface area contributed by atoms with Crippen LogP contribution in [0.5, 0.6) is 0 Å². The fourth-order valence-electron chi connectivity index (χ4n) is 3.03. The van der Waals surface area contributed by atoms with Gasteiger partial charge in [0.1, 0.15) is 0 Å². The van der Waals surface area contributed by atoms with Crippen molar-refractivity contribution in [1.29, 1.82) is 0 Å². The summed E-state index contributed by atoms with van der Waals surface area (Å²) in [5.41, 5.74) is 0. The Balaban J connectivity index is 1.53. The van der Waals surface area contributed by atoms with Crippen LogP contribution in [0.3, 0.4) is 0 Å². The zero-order valence-corrected chi connectivity index (χ0v) is 10.0.